The minimum absolute atomic E-state index is 1.17. The average Bonchev–Trinajstić information content (AvgIpc) is 3.90. The van der Waals surface area contributed by atoms with E-state index in [1.165, 1.54) is 154 Å². The molecule has 302 valence electrons. The van der Waals surface area contributed by atoms with Crippen molar-refractivity contribution in [3.8, 4) is 55.9 Å². The van der Waals surface area contributed by atoms with E-state index in [9.17, 15) is 0 Å². The second kappa shape index (κ2) is 16.0. The van der Waals surface area contributed by atoms with Crippen molar-refractivity contribution >= 4 is 177 Å². The molecular weight excluding hydrogens is 785 g/mol. The van der Waals surface area contributed by atoms with Crippen LogP contribution in [0, 0.1) is 0 Å². The van der Waals surface area contributed by atoms with Gasteiger partial charge >= 0.3 is 0 Å². The molecule has 0 aliphatic carbocycles. The summed E-state index contributed by atoms with van der Waals surface area (Å²) < 4.78 is 5.11. The first-order chi connectivity index (χ1) is 32.0. The lowest BCUT2D eigenvalue weighted by Gasteiger charge is -2.24. The highest BCUT2D eigenvalue weighted by Crippen LogP contribution is 2.36. The predicted molar refractivity (Wildman–Crippen MR) is 319 cm³/mol. The molecule has 9 aromatic carbocycles. The molecule has 0 radical (unpaired) electrons. The Morgan fingerprint density at radius 1 is 0.258 bits per heavy atom. The Morgan fingerprint density at radius 3 is 1.09 bits per heavy atom. The van der Waals surface area contributed by atoms with Crippen molar-refractivity contribution in [1.82, 2.24) is 9.13 Å². The first-order valence-electron chi connectivity index (χ1n) is 23.5. The standard InChI is InChI=1S/C54H46B10N2/c55-42-37-35-26-32(29-14-8-3-9-15-29)20-25-36(35)65(33-21-16-30(17-22-33)27-10-4-1-5-11-27)52(37)49(62)44(57)38(42)39-43(56)40-41-46(59)47(60)48(61)51(64)54(41)66(53(40)50(63)45(39)58)34-23-18-31(19-24-34)28-12-6-2-7-13-28/h1-26H,55-64H2. The molecular formula is C54H46B10N2. The molecule has 0 saturated heterocycles. The van der Waals surface area contributed by atoms with Crippen LogP contribution in [0.25, 0.3) is 99.5 Å². The second-order valence-electron chi connectivity index (χ2n) is 18.8. The monoisotopic (exact) mass is 832 g/mol. The van der Waals surface area contributed by atoms with Gasteiger partial charge < -0.3 is 9.13 Å². The molecule has 0 N–H and O–H groups in total. The molecule has 0 amide bonds. The number of hydrogen-bond acceptors (Lipinski definition) is 0. The number of benzene rings is 9. The van der Waals surface area contributed by atoms with Crippen LogP contribution in [0.5, 0.6) is 0 Å². The van der Waals surface area contributed by atoms with Crippen molar-refractivity contribution in [3.63, 3.8) is 0 Å². The Morgan fingerprint density at radius 2 is 0.606 bits per heavy atom. The Hall–Kier alpha value is -6.77. The Balaban J connectivity index is 1.21. The van der Waals surface area contributed by atoms with Gasteiger partial charge in [0, 0.05) is 44.1 Å². The summed E-state index contributed by atoms with van der Waals surface area (Å²) >= 11 is 0. The SMILES string of the molecule is Bc1c(B)c(B)c2c(c1B)c1c(B)c(-c3c(B)c(B)c4c(c3B)c3cc(-c5ccccc5)ccc3n4-c3ccc(-c4ccccc4)cc3)c(B)c(B)c1n2-c1ccc(-c2ccccc2)cc1. The summed E-state index contributed by atoms with van der Waals surface area (Å²) in [6.07, 6.45) is 0. The molecule has 0 saturated carbocycles. The highest BCUT2D eigenvalue weighted by Gasteiger charge is 2.28. The van der Waals surface area contributed by atoms with Crippen molar-refractivity contribution < 1.29 is 0 Å². The summed E-state index contributed by atoms with van der Waals surface area (Å²) in [5.74, 6) is 0. The molecule has 0 bridgehead atoms. The lowest BCUT2D eigenvalue weighted by molar-refractivity contribution is 1.19. The second-order valence-corrected chi connectivity index (χ2v) is 18.8. The van der Waals surface area contributed by atoms with E-state index in [0.29, 0.717) is 0 Å². The maximum atomic E-state index is 2.59. The topological polar surface area (TPSA) is 9.86 Å². The van der Waals surface area contributed by atoms with Gasteiger partial charge in [0.15, 0.2) is 0 Å². The fraction of sp³-hybridized carbons (Fsp3) is 0. The van der Waals surface area contributed by atoms with Gasteiger partial charge in [-0.2, -0.15) is 0 Å². The molecule has 11 rings (SSSR count). The molecule has 2 nitrogen and oxygen atoms in total. The third kappa shape index (κ3) is 6.24. The van der Waals surface area contributed by atoms with Crippen molar-refractivity contribution in [2.45, 2.75) is 0 Å². The summed E-state index contributed by atoms with van der Waals surface area (Å²) in [7, 11) is 23.5. The molecule has 2 heterocycles. The summed E-state index contributed by atoms with van der Waals surface area (Å²) in [5, 5.41) is 5.34. The number of nitrogens with zero attached hydrogens (tertiary/aromatic N) is 2. The van der Waals surface area contributed by atoms with Gasteiger partial charge in [0.25, 0.3) is 0 Å². The van der Waals surface area contributed by atoms with Crippen LogP contribution in [-0.4, -0.2) is 87.6 Å². The van der Waals surface area contributed by atoms with E-state index in [1.54, 1.807) is 0 Å². The maximum Gasteiger partial charge on any atom is 0.141 e. The van der Waals surface area contributed by atoms with Crippen LogP contribution in [0.2, 0.25) is 0 Å². The van der Waals surface area contributed by atoms with E-state index in [4.69, 9.17) is 0 Å². The van der Waals surface area contributed by atoms with E-state index >= 15 is 0 Å². The lowest BCUT2D eigenvalue weighted by Crippen LogP contribution is -2.48. The van der Waals surface area contributed by atoms with E-state index in [2.05, 4.69) is 245 Å². The first kappa shape index (κ1) is 41.9. The predicted octanol–water partition coefficient (Wildman–Crippen LogP) is -2.87. The summed E-state index contributed by atoms with van der Waals surface area (Å²) in [6.45, 7) is 0. The third-order valence-corrected chi connectivity index (χ3v) is 15.5. The maximum absolute atomic E-state index is 2.59. The minimum Gasteiger partial charge on any atom is -0.310 e. The van der Waals surface area contributed by atoms with Crippen LogP contribution in [0.15, 0.2) is 158 Å². The van der Waals surface area contributed by atoms with Gasteiger partial charge in [-0.05, 0) is 86.3 Å². The summed E-state index contributed by atoms with van der Waals surface area (Å²) in [5.41, 5.74) is 31.0. The molecule has 0 aliphatic heterocycles. The summed E-state index contributed by atoms with van der Waals surface area (Å²) in [4.78, 5) is 0. The smallest absolute Gasteiger partial charge is 0.141 e. The van der Waals surface area contributed by atoms with E-state index in [1.807, 2.05) is 0 Å². The molecule has 0 fully saturated rings. The quantitative estimate of drug-likeness (QED) is 0.160. The van der Waals surface area contributed by atoms with Gasteiger partial charge in [0.1, 0.15) is 78.5 Å². The molecule has 0 spiro atoms. The molecule has 0 aliphatic rings. The zero-order chi connectivity index (χ0) is 45.7. The van der Waals surface area contributed by atoms with E-state index in [-0.39, 0.29) is 0 Å². The fourth-order valence-corrected chi connectivity index (χ4v) is 11.5. The van der Waals surface area contributed by atoms with E-state index < -0.39 is 0 Å². The van der Waals surface area contributed by atoms with Crippen LogP contribution in [0.1, 0.15) is 0 Å². The van der Waals surface area contributed by atoms with Gasteiger partial charge in [0.2, 0.25) is 0 Å². The third-order valence-electron chi connectivity index (χ3n) is 15.5. The average molecular weight is 831 g/mol. The lowest BCUT2D eigenvalue weighted by atomic mass is 9.62. The molecule has 11 aromatic rings. The van der Waals surface area contributed by atoms with Crippen LogP contribution in [-0.2, 0) is 0 Å². The Bertz CT molecular complexity index is 3770. The minimum atomic E-state index is 1.17. The van der Waals surface area contributed by atoms with Crippen LogP contribution in [0.3, 0.4) is 0 Å². The molecule has 66 heavy (non-hydrogen) atoms. The number of rotatable bonds is 6. The first-order valence-corrected chi connectivity index (χ1v) is 23.5. The Kier molecular flexibility index (Phi) is 10.1. The fourth-order valence-electron chi connectivity index (χ4n) is 11.5. The number of hydrogen-bond donors (Lipinski definition) is 0. The number of fused-ring (bicyclic) bond motifs is 6. The zero-order valence-corrected chi connectivity index (χ0v) is 39.9. The molecule has 0 unspecified atom stereocenters. The highest BCUT2D eigenvalue weighted by atomic mass is 15.0. The van der Waals surface area contributed by atoms with Crippen LogP contribution < -0.4 is 54.6 Å². The normalized spacial score (nSPS) is 11.6. The van der Waals surface area contributed by atoms with Crippen LogP contribution >= 0.6 is 0 Å². The number of aromatic nitrogens is 2. The van der Waals surface area contributed by atoms with Gasteiger partial charge in [0.05, 0.1) is 5.52 Å². The molecule has 0 atom stereocenters. The van der Waals surface area contributed by atoms with Crippen LogP contribution in [0.4, 0.5) is 0 Å². The molecule has 2 aromatic heterocycles. The summed E-state index contributed by atoms with van der Waals surface area (Å²) in [6, 6.07) is 57.7. The van der Waals surface area contributed by atoms with Crippen molar-refractivity contribution in [1.29, 1.82) is 0 Å². The highest BCUT2D eigenvalue weighted by molar-refractivity contribution is 6.70. The van der Waals surface area contributed by atoms with Gasteiger partial charge in [-0.25, -0.2) is 0 Å². The van der Waals surface area contributed by atoms with Gasteiger partial charge in [-0.1, -0.05) is 170 Å². The largest absolute Gasteiger partial charge is 0.310 e. The van der Waals surface area contributed by atoms with Crippen molar-refractivity contribution in [3.05, 3.63) is 158 Å². The van der Waals surface area contributed by atoms with Gasteiger partial charge in [-0.3, -0.25) is 0 Å². The van der Waals surface area contributed by atoms with E-state index in [0.717, 1.165) is 0 Å². The van der Waals surface area contributed by atoms with Crippen molar-refractivity contribution in [2.75, 3.05) is 0 Å². The Labute approximate surface area is 397 Å². The van der Waals surface area contributed by atoms with Crippen molar-refractivity contribution in [2.24, 2.45) is 0 Å². The zero-order valence-electron chi connectivity index (χ0n) is 39.9. The van der Waals surface area contributed by atoms with Gasteiger partial charge in [-0.15, -0.1) is 5.46 Å². The molecule has 12 heteroatoms.